The topological polar surface area (TPSA) is 74.6 Å². The van der Waals surface area contributed by atoms with Crippen LogP contribution in [0.3, 0.4) is 0 Å². The summed E-state index contributed by atoms with van der Waals surface area (Å²) in [6.07, 6.45) is 3.75. The zero-order valence-electron chi connectivity index (χ0n) is 23.9. The fourth-order valence-corrected chi connectivity index (χ4v) is 5.21. The van der Waals surface area contributed by atoms with Crippen LogP contribution in [0.5, 0.6) is 17.2 Å². The third-order valence-electron chi connectivity index (χ3n) is 7.18. The molecular weight excluding hydrogens is 490 g/mol. The molecule has 0 saturated heterocycles. The predicted octanol–water partition coefficient (Wildman–Crippen LogP) is 6.18. The number of carbonyl (C=O) groups excluding carboxylic acids is 1. The van der Waals surface area contributed by atoms with Crippen molar-refractivity contribution < 1.29 is 19.0 Å². The van der Waals surface area contributed by atoms with Gasteiger partial charge in [0.15, 0.2) is 11.5 Å². The van der Waals surface area contributed by atoms with Crippen molar-refractivity contribution in [2.24, 2.45) is 0 Å². The fraction of sp³-hybridized carbons (Fsp3) is 0.375. The van der Waals surface area contributed by atoms with Gasteiger partial charge in [0.05, 0.1) is 32.4 Å². The van der Waals surface area contributed by atoms with Gasteiger partial charge in [-0.2, -0.15) is 0 Å². The Labute approximate surface area is 231 Å². The van der Waals surface area contributed by atoms with E-state index in [1.807, 2.05) is 6.07 Å². The number of benzene rings is 3. The first-order valence-electron chi connectivity index (χ1n) is 13.4. The Hall–Kier alpha value is -4.00. The number of amides is 1. The first-order chi connectivity index (χ1) is 18.9. The van der Waals surface area contributed by atoms with Gasteiger partial charge in [-0.05, 0) is 74.6 Å². The van der Waals surface area contributed by atoms with Crippen molar-refractivity contribution in [2.45, 2.75) is 53.0 Å². The first kappa shape index (κ1) is 28.0. The second kappa shape index (κ2) is 12.7. The van der Waals surface area contributed by atoms with E-state index in [9.17, 15) is 4.79 Å². The number of aromatic nitrogens is 2. The number of methoxy groups -OCH3 is 3. The zero-order chi connectivity index (χ0) is 27.9. The molecular formula is C32H39N3O4. The van der Waals surface area contributed by atoms with Crippen LogP contribution in [0, 0.1) is 20.8 Å². The van der Waals surface area contributed by atoms with Gasteiger partial charge in [-0.3, -0.25) is 4.79 Å². The molecule has 39 heavy (non-hydrogen) atoms. The maximum absolute atomic E-state index is 12.8. The number of unbranched alkanes of at least 4 members (excludes halogenated alkanes) is 2. The number of hydrogen-bond donors (Lipinski definition) is 1. The SMILES string of the molecule is COc1cc(C(=O)NCCCCCc2nc3ccccc3n2Cc2c(C)cc(C)cc2C)cc(OC)c1OC. The number of fused-ring (bicyclic) bond motifs is 1. The van der Waals surface area contributed by atoms with Crippen molar-refractivity contribution in [3.63, 3.8) is 0 Å². The maximum atomic E-state index is 12.8. The van der Waals surface area contributed by atoms with Crippen molar-refractivity contribution in [1.29, 1.82) is 0 Å². The van der Waals surface area contributed by atoms with Crippen molar-refractivity contribution in [1.82, 2.24) is 14.9 Å². The molecule has 4 rings (SSSR count). The molecule has 0 radical (unpaired) electrons. The molecule has 0 fully saturated rings. The first-order valence-corrected chi connectivity index (χ1v) is 13.4. The number of hydrogen-bond acceptors (Lipinski definition) is 5. The Morgan fingerprint density at radius 3 is 2.18 bits per heavy atom. The van der Waals surface area contributed by atoms with E-state index in [-0.39, 0.29) is 5.91 Å². The van der Waals surface area contributed by atoms with Crippen LogP contribution in [0.1, 0.15) is 57.7 Å². The maximum Gasteiger partial charge on any atom is 0.251 e. The van der Waals surface area contributed by atoms with Crippen LogP contribution in [0.25, 0.3) is 11.0 Å². The van der Waals surface area contributed by atoms with E-state index in [4.69, 9.17) is 19.2 Å². The van der Waals surface area contributed by atoms with Gasteiger partial charge < -0.3 is 24.1 Å². The monoisotopic (exact) mass is 529 g/mol. The molecule has 1 N–H and O–H groups in total. The van der Waals surface area contributed by atoms with Gasteiger partial charge in [0.2, 0.25) is 5.75 Å². The van der Waals surface area contributed by atoms with E-state index < -0.39 is 0 Å². The number of imidazole rings is 1. The molecule has 206 valence electrons. The fourth-order valence-electron chi connectivity index (χ4n) is 5.21. The van der Waals surface area contributed by atoms with Gasteiger partial charge in [0.25, 0.3) is 5.91 Å². The number of carbonyl (C=O) groups is 1. The summed E-state index contributed by atoms with van der Waals surface area (Å²) in [5, 5.41) is 3.01. The van der Waals surface area contributed by atoms with Gasteiger partial charge in [-0.15, -0.1) is 0 Å². The Morgan fingerprint density at radius 1 is 0.872 bits per heavy atom. The smallest absolute Gasteiger partial charge is 0.251 e. The third kappa shape index (κ3) is 6.36. The van der Waals surface area contributed by atoms with E-state index in [2.05, 4.69) is 61.0 Å². The Morgan fingerprint density at radius 2 is 1.54 bits per heavy atom. The van der Waals surface area contributed by atoms with Crippen LogP contribution in [-0.2, 0) is 13.0 Å². The molecule has 0 atom stereocenters. The molecule has 3 aromatic carbocycles. The highest BCUT2D eigenvalue weighted by Gasteiger charge is 2.17. The number of ether oxygens (including phenoxy) is 3. The Kier molecular flexibility index (Phi) is 9.12. The summed E-state index contributed by atoms with van der Waals surface area (Å²) in [5.41, 5.74) is 7.97. The van der Waals surface area contributed by atoms with E-state index >= 15 is 0 Å². The average molecular weight is 530 g/mol. The molecule has 1 heterocycles. The predicted molar refractivity (Wildman–Crippen MR) is 155 cm³/mol. The molecule has 0 aliphatic carbocycles. The van der Waals surface area contributed by atoms with E-state index in [0.29, 0.717) is 29.4 Å². The lowest BCUT2D eigenvalue weighted by Gasteiger charge is -2.15. The highest BCUT2D eigenvalue weighted by molar-refractivity contribution is 5.95. The lowest BCUT2D eigenvalue weighted by atomic mass is 9.99. The molecule has 7 heteroatoms. The summed E-state index contributed by atoms with van der Waals surface area (Å²) in [6, 6.07) is 16.2. The minimum Gasteiger partial charge on any atom is -0.493 e. The summed E-state index contributed by atoms with van der Waals surface area (Å²) in [6.45, 7) is 7.95. The van der Waals surface area contributed by atoms with Crippen LogP contribution in [-0.4, -0.2) is 43.3 Å². The van der Waals surface area contributed by atoms with E-state index in [0.717, 1.165) is 43.6 Å². The largest absolute Gasteiger partial charge is 0.493 e. The second-order valence-corrected chi connectivity index (χ2v) is 9.96. The molecule has 0 spiro atoms. The molecule has 0 saturated carbocycles. The molecule has 0 aliphatic heterocycles. The second-order valence-electron chi connectivity index (χ2n) is 9.96. The Bertz CT molecular complexity index is 1410. The molecule has 0 aliphatic rings. The highest BCUT2D eigenvalue weighted by atomic mass is 16.5. The molecule has 4 aromatic rings. The van der Waals surface area contributed by atoms with Crippen LogP contribution < -0.4 is 19.5 Å². The lowest BCUT2D eigenvalue weighted by molar-refractivity contribution is 0.0952. The van der Waals surface area contributed by atoms with Gasteiger partial charge >= 0.3 is 0 Å². The lowest BCUT2D eigenvalue weighted by Crippen LogP contribution is -2.24. The summed E-state index contributed by atoms with van der Waals surface area (Å²) < 4.78 is 18.4. The third-order valence-corrected chi connectivity index (χ3v) is 7.18. The molecule has 0 unspecified atom stereocenters. The average Bonchev–Trinajstić information content (AvgIpc) is 3.28. The van der Waals surface area contributed by atoms with E-state index in [1.54, 1.807) is 19.2 Å². The van der Waals surface area contributed by atoms with Crippen LogP contribution in [0.15, 0.2) is 48.5 Å². The van der Waals surface area contributed by atoms with Gasteiger partial charge in [0, 0.05) is 25.1 Å². The molecule has 1 aromatic heterocycles. The normalized spacial score (nSPS) is 11.0. The van der Waals surface area contributed by atoms with Crippen molar-refractivity contribution in [3.8, 4) is 17.2 Å². The quantitative estimate of drug-likeness (QED) is 0.222. The van der Waals surface area contributed by atoms with E-state index in [1.165, 1.54) is 42.0 Å². The van der Waals surface area contributed by atoms with Gasteiger partial charge in [-0.25, -0.2) is 4.98 Å². The number of aryl methyl sites for hydroxylation is 4. The number of nitrogens with zero attached hydrogens (tertiary/aromatic N) is 2. The summed E-state index contributed by atoms with van der Waals surface area (Å²) in [7, 11) is 4.62. The van der Waals surface area contributed by atoms with Gasteiger partial charge in [0.1, 0.15) is 5.82 Å². The van der Waals surface area contributed by atoms with Crippen molar-refractivity contribution in [2.75, 3.05) is 27.9 Å². The summed E-state index contributed by atoms with van der Waals surface area (Å²) >= 11 is 0. The minimum atomic E-state index is -0.167. The molecule has 1 amide bonds. The van der Waals surface area contributed by atoms with Crippen LogP contribution >= 0.6 is 0 Å². The van der Waals surface area contributed by atoms with Crippen molar-refractivity contribution >= 4 is 16.9 Å². The summed E-state index contributed by atoms with van der Waals surface area (Å²) in [4.78, 5) is 17.7. The zero-order valence-corrected chi connectivity index (χ0v) is 23.9. The summed E-state index contributed by atoms with van der Waals surface area (Å²) in [5.74, 6) is 2.33. The highest BCUT2D eigenvalue weighted by Crippen LogP contribution is 2.38. The number of para-hydroxylation sites is 2. The Balaban J connectivity index is 1.36. The van der Waals surface area contributed by atoms with Crippen LogP contribution in [0.2, 0.25) is 0 Å². The minimum absolute atomic E-state index is 0.167. The van der Waals surface area contributed by atoms with Crippen molar-refractivity contribution in [3.05, 3.63) is 82.2 Å². The number of nitrogens with one attached hydrogen (secondary N) is 1. The van der Waals surface area contributed by atoms with Gasteiger partial charge in [-0.1, -0.05) is 36.2 Å². The van der Waals surface area contributed by atoms with Crippen LogP contribution in [0.4, 0.5) is 0 Å². The molecule has 7 nitrogen and oxygen atoms in total. The standard InChI is InChI=1S/C32H39N3O4/c1-21-16-22(2)25(23(3)17-21)20-35-27-13-10-9-12-26(27)34-30(35)14-8-7-11-15-33-32(36)24-18-28(37-4)31(39-6)29(19-24)38-5/h9-10,12-13,16-19H,7-8,11,14-15,20H2,1-6H3,(H,33,36). The molecule has 0 bridgehead atoms. The number of rotatable bonds is 12.